The minimum Gasteiger partial charge on any atom is -0.457 e. The summed E-state index contributed by atoms with van der Waals surface area (Å²) in [4.78, 5) is 15.3. The number of ether oxygens (including phenoxy) is 2. The van der Waals surface area contributed by atoms with E-state index in [4.69, 9.17) is 9.47 Å². The zero-order valence-corrected chi connectivity index (χ0v) is 22.0. The first-order chi connectivity index (χ1) is 17.8. The van der Waals surface area contributed by atoms with Crippen LogP contribution in [0.5, 0.6) is 11.5 Å². The highest BCUT2D eigenvalue weighted by molar-refractivity contribution is 7.92. The molecular formula is C28H33N3O5S. The van der Waals surface area contributed by atoms with Gasteiger partial charge in [-0.05, 0) is 54.4 Å². The fraction of sp³-hybridized carbons (Fsp3) is 0.321. The molecular weight excluding hydrogens is 490 g/mol. The van der Waals surface area contributed by atoms with E-state index in [1.165, 1.54) is 5.56 Å². The number of para-hydroxylation sites is 1. The predicted octanol–water partition coefficient (Wildman–Crippen LogP) is 3.78. The number of carbonyl (C=O) groups excluding carboxylic acids is 1. The van der Waals surface area contributed by atoms with E-state index >= 15 is 0 Å². The van der Waals surface area contributed by atoms with Gasteiger partial charge in [0.25, 0.3) is 0 Å². The summed E-state index contributed by atoms with van der Waals surface area (Å²) in [5.74, 6) is 0.863. The van der Waals surface area contributed by atoms with Crippen LogP contribution in [-0.4, -0.2) is 57.8 Å². The molecule has 0 aromatic heterocycles. The third-order valence-corrected chi connectivity index (χ3v) is 7.40. The van der Waals surface area contributed by atoms with Gasteiger partial charge in [0.1, 0.15) is 17.5 Å². The Bertz CT molecular complexity index is 1260. The lowest BCUT2D eigenvalue weighted by molar-refractivity contribution is -0.122. The van der Waals surface area contributed by atoms with Crippen molar-refractivity contribution >= 4 is 21.6 Å². The Morgan fingerprint density at radius 2 is 1.54 bits per heavy atom. The van der Waals surface area contributed by atoms with Crippen molar-refractivity contribution in [3.63, 3.8) is 0 Å². The summed E-state index contributed by atoms with van der Waals surface area (Å²) in [6.07, 6.45) is 1.10. The maximum absolute atomic E-state index is 13.0. The fourth-order valence-corrected chi connectivity index (χ4v) is 5.39. The summed E-state index contributed by atoms with van der Waals surface area (Å²) in [5.41, 5.74) is 2.53. The van der Waals surface area contributed by atoms with Crippen LogP contribution in [0.3, 0.4) is 0 Å². The number of rotatable bonds is 10. The van der Waals surface area contributed by atoms with E-state index in [-0.39, 0.29) is 5.91 Å². The summed E-state index contributed by atoms with van der Waals surface area (Å²) in [6, 6.07) is 23.1. The van der Waals surface area contributed by atoms with Crippen LogP contribution >= 0.6 is 0 Å². The maximum atomic E-state index is 13.0. The Hall–Kier alpha value is -3.40. The topological polar surface area (TPSA) is 88.2 Å². The van der Waals surface area contributed by atoms with E-state index in [1.807, 2.05) is 42.5 Å². The normalized spacial score (nSPS) is 15.1. The standard InChI is InChI=1S/C28H33N3O5S/c1-22(28(32)29-20-23-8-10-24(11-9-23)21-30-16-18-35-19-17-30)31(37(2,33)34)25-12-14-27(15-13-25)36-26-6-4-3-5-7-26/h3-15,22H,16-21H2,1-2H3,(H,29,32)/t22-/m0/s1. The Labute approximate surface area is 218 Å². The number of sulfonamides is 1. The van der Waals surface area contributed by atoms with Crippen LogP contribution < -0.4 is 14.4 Å². The monoisotopic (exact) mass is 523 g/mol. The maximum Gasteiger partial charge on any atom is 0.243 e. The molecule has 0 aliphatic carbocycles. The molecule has 0 spiro atoms. The van der Waals surface area contributed by atoms with Crippen molar-refractivity contribution in [3.8, 4) is 11.5 Å². The van der Waals surface area contributed by atoms with Gasteiger partial charge in [0, 0.05) is 26.2 Å². The average molecular weight is 524 g/mol. The zero-order chi connectivity index (χ0) is 26.3. The molecule has 9 heteroatoms. The van der Waals surface area contributed by atoms with Gasteiger partial charge in [-0.2, -0.15) is 0 Å². The molecule has 37 heavy (non-hydrogen) atoms. The smallest absolute Gasteiger partial charge is 0.243 e. The van der Waals surface area contributed by atoms with Crippen molar-refractivity contribution in [2.75, 3.05) is 36.9 Å². The quantitative estimate of drug-likeness (QED) is 0.435. The van der Waals surface area contributed by atoms with Gasteiger partial charge in [0.2, 0.25) is 15.9 Å². The number of hydrogen-bond acceptors (Lipinski definition) is 6. The van der Waals surface area contributed by atoms with E-state index in [1.54, 1.807) is 31.2 Å². The summed E-state index contributed by atoms with van der Waals surface area (Å²) >= 11 is 0. The van der Waals surface area contributed by atoms with Crippen molar-refractivity contribution in [2.45, 2.75) is 26.1 Å². The van der Waals surface area contributed by atoms with Crippen molar-refractivity contribution in [3.05, 3.63) is 90.0 Å². The number of amides is 1. The molecule has 0 saturated carbocycles. The molecule has 1 N–H and O–H groups in total. The molecule has 1 saturated heterocycles. The van der Waals surface area contributed by atoms with Gasteiger partial charge in [-0.1, -0.05) is 42.5 Å². The van der Waals surface area contributed by atoms with E-state index < -0.39 is 16.1 Å². The second-order valence-corrected chi connectivity index (χ2v) is 10.9. The lowest BCUT2D eigenvalue weighted by atomic mass is 10.1. The van der Waals surface area contributed by atoms with Crippen LogP contribution in [0, 0.1) is 0 Å². The molecule has 1 atom stereocenters. The molecule has 0 bridgehead atoms. The first-order valence-corrected chi connectivity index (χ1v) is 14.1. The Balaban J connectivity index is 1.36. The molecule has 4 rings (SSSR count). The second-order valence-electron chi connectivity index (χ2n) is 9.07. The highest BCUT2D eigenvalue weighted by atomic mass is 32.2. The Morgan fingerprint density at radius 3 is 2.16 bits per heavy atom. The highest BCUT2D eigenvalue weighted by Gasteiger charge is 2.29. The Kier molecular flexibility index (Phi) is 8.81. The van der Waals surface area contributed by atoms with E-state index in [9.17, 15) is 13.2 Å². The lowest BCUT2D eigenvalue weighted by Gasteiger charge is -2.28. The van der Waals surface area contributed by atoms with Gasteiger partial charge >= 0.3 is 0 Å². The van der Waals surface area contributed by atoms with E-state index in [2.05, 4.69) is 22.3 Å². The van der Waals surface area contributed by atoms with Crippen molar-refractivity contribution in [1.29, 1.82) is 0 Å². The largest absolute Gasteiger partial charge is 0.457 e. The first kappa shape index (κ1) is 26.7. The molecule has 8 nitrogen and oxygen atoms in total. The van der Waals surface area contributed by atoms with Crippen LogP contribution in [0.4, 0.5) is 5.69 Å². The van der Waals surface area contributed by atoms with Gasteiger partial charge < -0.3 is 14.8 Å². The second kappa shape index (κ2) is 12.2. The number of hydrogen-bond donors (Lipinski definition) is 1. The minimum atomic E-state index is -3.72. The zero-order valence-electron chi connectivity index (χ0n) is 21.2. The Morgan fingerprint density at radius 1 is 0.946 bits per heavy atom. The van der Waals surface area contributed by atoms with Crippen molar-refractivity contribution in [2.24, 2.45) is 0 Å². The SMILES string of the molecule is C[C@@H](C(=O)NCc1ccc(CN2CCOCC2)cc1)N(c1ccc(Oc2ccccc2)cc1)S(C)(=O)=O. The number of anilines is 1. The van der Waals surface area contributed by atoms with Gasteiger partial charge in [-0.15, -0.1) is 0 Å². The van der Waals surface area contributed by atoms with Gasteiger partial charge in [-0.25, -0.2) is 8.42 Å². The molecule has 3 aromatic carbocycles. The third-order valence-electron chi connectivity index (χ3n) is 6.16. The molecule has 3 aromatic rings. The first-order valence-electron chi connectivity index (χ1n) is 12.3. The van der Waals surface area contributed by atoms with Gasteiger partial charge in [0.05, 0.1) is 25.2 Å². The highest BCUT2D eigenvalue weighted by Crippen LogP contribution is 2.27. The number of carbonyl (C=O) groups is 1. The average Bonchev–Trinajstić information content (AvgIpc) is 2.89. The molecule has 196 valence electrons. The number of nitrogens with one attached hydrogen (secondary N) is 1. The number of morpholine rings is 1. The van der Waals surface area contributed by atoms with Crippen LogP contribution in [-0.2, 0) is 32.6 Å². The lowest BCUT2D eigenvalue weighted by Crippen LogP contribution is -2.47. The van der Waals surface area contributed by atoms with E-state index in [0.29, 0.717) is 23.7 Å². The van der Waals surface area contributed by atoms with E-state index in [0.717, 1.165) is 49.0 Å². The molecule has 1 heterocycles. The molecule has 1 amide bonds. The van der Waals surface area contributed by atoms with Crippen LogP contribution in [0.15, 0.2) is 78.9 Å². The van der Waals surface area contributed by atoms with Crippen molar-refractivity contribution < 1.29 is 22.7 Å². The molecule has 1 aliphatic rings. The summed E-state index contributed by atoms with van der Waals surface area (Å²) < 4.78 is 37.6. The number of nitrogens with zero attached hydrogens (tertiary/aromatic N) is 2. The van der Waals surface area contributed by atoms with Gasteiger partial charge in [0.15, 0.2) is 0 Å². The van der Waals surface area contributed by atoms with Crippen LogP contribution in [0.25, 0.3) is 0 Å². The summed E-state index contributed by atoms with van der Waals surface area (Å²) in [6.45, 7) is 6.13. The summed E-state index contributed by atoms with van der Waals surface area (Å²) in [5, 5.41) is 2.87. The third kappa shape index (κ3) is 7.55. The molecule has 0 unspecified atom stereocenters. The predicted molar refractivity (Wildman–Crippen MR) is 144 cm³/mol. The molecule has 1 fully saturated rings. The van der Waals surface area contributed by atoms with Crippen LogP contribution in [0.2, 0.25) is 0 Å². The van der Waals surface area contributed by atoms with Crippen molar-refractivity contribution in [1.82, 2.24) is 10.2 Å². The molecule has 1 aliphatic heterocycles. The van der Waals surface area contributed by atoms with Crippen LogP contribution in [0.1, 0.15) is 18.1 Å². The summed E-state index contributed by atoms with van der Waals surface area (Å²) in [7, 11) is -3.72. The fourth-order valence-electron chi connectivity index (χ4n) is 4.21. The van der Waals surface area contributed by atoms with Gasteiger partial charge in [-0.3, -0.25) is 14.0 Å². The minimum absolute atomic E-state index is 0.308. The number of benzene rings is 3. The molecule has 0 radical (unpaired) electrons.